The van der Waals surface area contributed by atoms with Crippen molar-refractivity contribution in [2.45, 2.75) is 21.8 Å². The van der Waals surface area contributed by atoms with E-state index in [0.29, 0.717) is 0 Å². The van der Waals surface area contributed by atoms with Crippen molar-refractivity contribution in [3.8, 4) is 0 Å². The van der Waals surface area contributed by atoms with E-state index in [0.717, 1.165) is 0 Å². The second-order valence-corrected chi connectivity index (χ2v) is 5.72. The molecule has 0 aliphatic rings. The van der Waals surface area contributed by atoms with Crippen molar-refractivity contribution >= 4 is 20.8 Å². The summed E-state index contributed by atoms with van der Waals surface area (Å²) in [5.74, 6) is 0. The Morgan fingerprint density at radius 3 is 1.36 bits per heavy atom. The van der Waals surface area contributed by atoms with Gasteiger partial charge in [0.15, 0.2) is 0 Å². The molecule has 0 saturated carbocycles. The van der Waals surface area contributed by atoms with Crippen LogP contribution < -0.4 is 12.3 Å². The predicted molar refractivity (Wildman–Crippen MR) is 79.8 cm³/mol. The quantitative estimate of drug-likeness (QED) is 0.226. The topological polar surface area (TPSA) is 209 Å². The molecule has 0 rings (SSSR count). The van der Waals surface area contributed by atoms with Crippen molar-refractivity contribution in [2.24, 2.45) is 5.41 Å². The van der Waals surface area contributed by atoms with E-state index in [9.17, 15) is 16.8 Å². The molecule has 0 heterocycles. The maximum Gasteiger partial charge on any atom is 0.397 e. The van der Waals surface area contributed by atoms with Crippen molar-refractivity contribution in [3.63, 3.8) is 0 Å². The summed E-state index contributed by atoms with van der Waals surface area (Å²) < 4.78 is 70.8. The largest absolute Gasteiger partial charge is 0.554 e. The van der Waals surface area contributed by atoms with Gasteiger partial charge in [-0.15, -0.1) is 0 Å². The van der Waals surface area contributed by atoms with Gasteiger partial charge < -0.3 is 17.0 Å². The maximum absolute atomic E-state index is 10.4. The van der Waals surface area contributed by atoms with Crippen LogP contribution in [-0.4, -0.2) is 45.8 Å². The molecular formula is C8H29N2O9RfS2+. The molecule has 0 aromatic rings. The molecule has 0 aromatic carbocycles. The first kappa shape index (κ1) is 37.1. The molecule has 0 aliphatic carbocycles. The summed E-state index contributed by atoms with van der Waals surface area (Å²) in [4.78, 5) is 0. The van der Waals surface area contributed by atoms with E-state index in [1.54, 1.807) is 0 Å². The van der Waals surface area contributed by atoms with Gasteiger partial charge in [-0.3, -0.25) is 9.11 Å². The van der Waals surface area contributed by atoms with Crippen molar-refractivity contribution in [1.29, 1.82) is 0 Å². The predicted octanol–water partition coefficient (Wildman–Crippen LogP) is 1.46. The van der Waals surface area contributed by atoms with Crippen LogP contribution in [0.1, 0.15) is 21.8 Å². The van der Waals surface area contributed by atoms with Gasteiger partial charge in [0, 0.05) is 12.0 Å². The summed E-state index contributed by atoms with van der Waals surface area (Å²) in [5.41, 5.74) is -1.24. The van der Waals surface area contributed by atoms with Crippen molar-refractivity contribution in [1.82, 2.24) is 12.3 Å². The van der Waals surface area contributed by atoms with Gasteiger partial charge >= 0.3 is 20.8 Å². The third-order valence-electron chi connectivity index (χ3n) is 1.56. The Bertz CT molecular complexity index is 405. The fourth-order valence-corrected chi connectivity index (χ4v) is 1.67. The van der Waals surface area contributed by atoms with Crippen LogP contribution in [0.15, 0.2) is 0 Å². The molecule has 0 radical (unpaired) electrons. The molecule has 0 aromatic heterocycles. The van der Waals surface area contributed by atoms with Crippen molar-refractivity contribution < 1.29 is 39.0 Å². The Labute approximate surface area is 127 Å². The average Bonchev–Trinajstić information content (AvgIpc) is 2.11. The summed E-state index contributed by atoms with van der Waals surface area (Å²) in [6, 6.07) is 0. The fourth-order valence-electron chi connectivity index (χ4n) is 0.805. The van der Waals surface area contributed by atoms with E-state index in [4.69, 9.17) is 9.11 Å². The van der Waals surface area contributed by atoms with Crippen LogP contribution in [0.3, 0.4) is 0 Å². The van der Waals surface area contributed by atoms with E-state index < -0.39 is 39.4 Å². The second kappa shape index (κ2) is 13.3. The van der Waals surface area contributed by atoms with Crippen LogP contribution in [0.2, 0.25) is 0 Å². The molecule has 0 spiro atoms. The molecule has 0 aliphatic heterocycles. The molecule has 0 saturated heterocycles. The second-order valence-electron chi connectivity index (χ2n) is 3.54. The summed E-state index contributed by atoms with van der Waals surface area (Å²) in [6.45, 7) is -0.111. The van der Waals surface area contributed by atoms with Gasteiger partial charge in [-0.25, -0.2) is 15.5 Å². The zero-order chi connectivity index (χ0) is 13.7. The average molecular weight is 628 g/mol. The number of hydrogen-bond acceptors (Lipinski definition) is 7. The minimum absolute atomic E-state index is 0. The van der Waals surface area contributed by atoms with Gasteiger partial charge in [0.05, 0.1) is 13.2 Å². The van der Waals surface area contributed by atoms with Crippen LogP contribution in [0.4, 0.5) is 0 Å². The fraction of sp³-hybridized carbons (Fsp3) is 0.875. The molecule has 22 heavy (non-hydrogen) atoms. The summed E-state index contributed by atoms with van der Waals surface area (Å²) >= 11 is 0. The van der Waals surface area contributed by atoms with Crippen LogP contribution in [0, 0.1) is 12.5 Å². The normalized spacial score (nSPS) is 10.7. The number of hydrogen-bond donors (Lipinski definition) is 4. The molecule has 11 nitrogen and oxygen atoms in total. The molecule has 14 heteroatoms. The van der Waals surface area contributed by atoms with Crippen molar-refractivity contribution in [3.05, 3.63) is 7.11 Å². The molecule has 0 amide bonds. The molecule has 0 fully saturated rings. The monoisotopic (exact) mass is 628 g/mol. The number of ether oxygens (including phenoxy) is 1. The van der Waals surface area contributed by atoms with Crippen LogP contribution in [-0.2, 0) is 33.9 Å². The minimum Gasteiger partial charge on any atom is -0.554 e. The molecule has 10 N–H and O–H groups in total. The first-order valence-electron chi connectivity index (χ1n) is 4.08. The van der Waals surface area contributed by atoms with E-state index in [-0.39, 0.29) is 33.8 Å². The smallest absolute Gasteiger partial charge is 0.397 e. The van der Waals surface area contributed by atoms with Crippen LogP contribution >= 0.6 is 0 Å². The summed E-state index contributed by atoms with van der Waals surface area (Å²) in [7, 11) is -6.32. The zero-order valence-corrected chi connectivity index (χ0v) is 19.6. The Hall–Kier alpha value is -1.38. The van der Waals surface area contributed by atoms with E-state index in [1.165, 1.54) is 6.92 Å². The molecule has 138 valence electrons. The first-order valence-corrected chi connectivity index (χ1v) is 6.81. The van der Waals surface area contributed by atoms with E-state index >= 15 is 0 Å². The molecular weight excluding hydrogens is 599 g/mol. The van der Waals surface area contributed by atoms with E-state index in [2.05, 4.69) is 20.2 Å². The van der Waals surface area contributed by atoms with Crippen LogP contribution in [0.25, 0.3) is 0 Å². The number of rotatable bonds is 8. The van der Waals surface area contributed by atoms with Gasteiger partial charge in [0.1, 0.15) is 0 Å². The van der Waals surface area contributed by atoms with Gasteiger partial charge in [-0.05, 0) is 0 Å². The van der Waals surface area contributed by atoms with Gasteiger partial charge in [-0.2, -0.15) is 16.8 Å². The minimum atomic E-state index is -4.67. The van der Waals surface area contributed by atoms with E-state index in [1.807, 2.05) is 0 Å². The molecule has 0 unspecified atom stereocenters. The summed E-state index contributed by atoms with van der Waals surface area (Å²) in [6.07, 6.45) is 0. The third kappa shape index (κ3) is 20.9. The maximum atomic E-state index is 10.4. The standard InChI is InChI=1S/C6H13O9S2.2CH4.2H3N.Rf/c1-6(3-13-2,4-14-16(7,8)9)5-15-17(10,11)12;;;;;/h2-5H2,1H3,(H,7,8,9)(H,10,11,12);2*1H4;2*1H3;/q-1;;;;;/p+2. The number of quaternary nitrogens is 2. The zero-order valence-electron chi connectivity index (χ0n) is 11.6. The third-order valence-corrected chi connectivity index (χ3v) is 2.39. The Morgan fingerprint density at radius 2 is 1.18 bits per heavy atom. The van der Waals surface area contributed by atoms with Crippen molar-refractivity contribution in [2.75, 3.05) is 19.8 Å². The molecule has 0 atom stereocenters. The van der Waals surface area contributed by atoms with Gasteiger partial charge in [0.2, 0.25) is 0 Å². The van der Waals surface area contributed by atoms with Crippen LogP contribution in [0.5, 0.6) is 0 Å². The van der Waals surface area contributed by atoms with Gasteiger partial charge in [-0.1, -0.05) is 21.8 Å². The first-order chi connectivity index (χ1) is 7.47. The van der Waals surface area contributed by atoms with Gasteiger partial charge in [0.25, 0.3) is 0 Å². The Balaban J connectivity index is -0.000000128. The Kier molecular flexibility index (Phi) is 22.4. The SMILES string of the molecule is C.C.[CH2-]OCC(C)(COS(=O)(=O)O)COS(=O)(=O)O.[NH4+].[NH4+].[Rf]. The Morgan fingerprint density at radius 1 is 0.909 bits per heavy atom. The summed E-state index contributed by atoms with van der Waals surface area (Å²) in [5, 5.41) is 0. The molecule has 0 bridgehead atoms.